The Morgan fingerprint density at radius 2 is 1.71 bits per heavy atom. The Bertz CT molecular complexity index is 988. The molecule has 0 bridgehead atoms. The summed E-state index contributed by atoms with van der Waals surface area (Å²) in [6.45, 7) is 5.09. The van der Waals surface area contributed by atoms with Crippen molar-refractivity contribution in [1.29, 1.82) is 0 Å². The maximum absolute atomic E-state index is 10.7. The average Bonchev–Trinajstić information content (AvgIpc) is 2.68. The molecule has 0 fully saturated rings. The fourth-order valence-corrected chi connectivity index (χ4v) is 3.03. The number of hydrogen-bond acceptors (Lipinski definition) is 4. The molecule has 3 rings (SSSR count). The molecular weight excluding hydrogens is 376 g/mol. The number of anilines is 1. The van der Waals surface area contributed by atoms with E-state index in [-0.39, 0.29) is 12.3 Å². The molecule has 0 aromatic heterocycles. The topological polar surface area (TPSA) is 64.4 Å². The molecule has 1 N–H and O–H groups in total. The molecule has 28 heavy (non-hydrogen) atoms. The first kappa shape index (κ1) is 19.7. The van der Waals surface area contributed by atoms with Gasteiger partial charge in [0.1, 0.15) is 12.4 Å². The van der Waals surface area contributed by atoms with Crippen LogP contribution in [0.4, 0.5) is 11.4 Å². The standard InChI is InChI=1S/C22H21ClN2O3/c1-15-3-4-16(2)21(11-15)24-13-18-7-10-22(20(23)12-18)28-14-17-5-8-19(9-6-17)25(26)27/h3-12,24H,13-14H2,1-2H3. The molecular formula is C22H21ClN2O3. The summed E-state index contributed by atoms with van der Waals surface area (Å²) in [6.07, 6.45) is 0. The predicted octanol–water partition coefficient (Wildman–Crippen LogP) is 6.06. The normalized spacial score (nSPS) is 10.5. The Kier molecular flexibility index (Phi) is 6.16. The van der Waals surface area contributed by atoms with Crippen molar-refractivity contribution in [2.45, 2.75) is 27.0 Å². The van der Waals surface area contributed by atoms with Crippen molar-refractivity contribution in [3.05, 3.63) is 98.1 Å². The van der Waals surface area contributed by atoms with Crippen LogP contribution in [0.1, 0.15) is 22.3 Å². The van der Waals surface area contributed by atoms with Crippen molar-refractivity contribution >= 4 is 23.0 Å². The van der Waals surface area contributed by atoms with Crippen LogP contribution >= 0.6 is 11.6 Å². The summed E-state index contributed by atoms with van der Waals surface area (Å²) in [5.74, 6) is 0.579. The van der Waals surface area contributed by atoms with Gasteiger partial charge >= 0.3 is 0 Å². The van der Waals surface area contributed by atoms with E-state index in [1.807, 2.05) is 18.2 Å². The lowest BCUT2D eigenvalue weighted by atomic mass is 10.1. The number of nitrogens with zero attached hydrogens (tertiary/aromatic N) is 1. The van der Waals surface area contributed by atoms with Gasteiger partial charge < -0.3 is 10.1 Å². The van der Waals surface area contributed by atoms with E-state index in [0.717, 1.165) is 16.8 Å². The van der Waals surface area contributed by atoms with E-state index in [9.17, 15) is 10.1 Å². The fourth-order valence-electron chi connectivity index (χ4n) is 2.77. The average molecular weight is 397 g/mol. The van der Waals surface area contributed by atoms with Crippen LogP contribution in [0.2, 0.25) is 5.02 Å². The van der Waals surface area contributed by atoms with Crippen LogP contribution in [0, 0.1) is 24.0 Å². The molecule has 3 aromatic carbocycles. The van der Waals surface area contributed by atoms with E-state index in [0.29, 0.717) is 17.3 Å². The van der Waals surface area contributed by atoms with E-state index in [1.165, 1.54) is 23.3 Å². The lowest BCUT2D eigenvalue weighted by Crippen LogP contribution is -2.02. The number of nitro groups is 1. The third-order valence-corrected chi connectivity index (χ3v) is 4.71. The Balaban J connectivity index is 1.60. The summed E-state index contributed by atoms with van der Waals surface area (Å²) in [5.41, 5.74) is 5.45. The van der Waals surface area contributed by atoms with E-state index in [4.69, 9.17) is 16.3 Å². The second-order valence-electron chi connectivity index (χ2n) is 6.65. The van der Waals surface area contributed by atoms with Crippen molar-refractivity contribution in [3.8, 4) is 5.75 Å². The molecule has 0 heterocycles. The summed E-state index contributed by atoms with van der Waals surface area (Å²) >= 11 is 6.36. The molecule has 0 atom stereocenters. The van der Waals surface area contributed by atoms with E-state index in [2.05, 4.69) is 37.4 Å². The molecule has 0 aliphatic carbocycles. The smallest absolute Gasteiger partial charge is 0.269 e. The molecule has 0 spiro atoms. The van der Waals surface area contributed by atoms with Crippen LogP contribution in [0.15, 0.2) is 60.7 Å². The van der Waals surface area contributed by atoms with Crippen LogP contribution < -0.4 is 10.1 Å². The Labute approximate surface area is 169 Å². The zero-order valence-electron chi connectivity index (χ0n) is 15.7. The van der Waals surface area contributed by atoms with Gasteiger partial charge in [0.15, 0.2) is 0 Å². The van der Waals surface area contributed by atoms with Crippen molar-refractivity contribution < 1.29 is 9.66 Å². The number of ether oxygens (including phenoxy) is 1. The Morgan fingerprint density at radius 3 is 2.39 bits per heavy atom. The highest BCUT2D eigenvalue weighted by Gasteiger charge is 2.07. The van der Waals surface area contributed by atoms with Crippen LogP contribution in [0.3, 0.4) is 0 Å². The molecule has 0 amide bonds. The summed E-state index contributed by atoms with van der Waals surface area (Å²) in [4.78, 5) is 10.3. The van der Waals surface area contributed by atoms with Crippen LogP contribution in [0.5, 0.6) is 5.75 Å². The first-order valence-electron chi connectivity index (χ1n) is 8.88. The second-order valence-corrected chi connectivity index (χ2v) is 7.06. The number of nitro benzene ring substituents is 1. The predicted molar refractivity (Wildman–Crippen MR) is 112 cm³/mol. The Morgan fingerprint density at radius 1 is 1.00 bits per heavy atom. The lowest BCUT2D eigenvalue weighted by molar-refractivity contribution is -0.384. The van der Waals surface area contributed by atoms with E-state index >= 15 is 0 Å². The third-order valence-electron chi connectivity index (χ3n) is 4.41. The van der Waals surface area contributed by atoms with Gasteiger partial charge in [-0.2, -0.15) is 0 Å². The van der Waals surface area contributed by atoms with Gasteiger partial charge in [0, 0.05) is 24.4 Å². The van der Waals surface area contributed by atoms with Crippen molar-refractivity contribution in [2.75, 3.05) is 5.32 Å². The summed E-state index contributed by atoms with van der Waals surface area (Å²) < 4.78 is 5.75. The van der Waals surface area contributed by atoms with Crippen molar-refractivity contribution in [3.63, 3.8) is 0 Å². The minimum absolute atomic E-state index is 0.0579. The summed E-state index contributed by atoms with van der Waals surface area (Å²) in [6, 6.07) is 18.3. The highest BCUT2D eigenvalue weighted by Crippen LogP contribution is 2.27. The number of benzene rings is 3. The molecule has 0 saturated carbocycles. The summed E-state index contributed by atoms with van der Waals surface area (Å²) in [5, 5.41) is 14.7. The number of aryl methyl sites for hydroxylation is 2. The fraction of sp³-hybridized carbons (Fsp3) is 0.182. The quantitative estimate of drug-likeness (QED) is 0.389. The minimum Gasteiger partial charge on any atom is -0.487 e. The van der Waals surface area contributed by atoms with Gasteiger partial charge in [0.2, 0.25) is 0 Å². The number of non-ortho nitro benzene ring substituents is 1. The molecule has 0 saturated heterocycles. The molecule has 5 nitrogen and oxygen atoms in total. The molecule has 0 unspecified atom stereocenters. The van der Waals surface area contributed by atoms with Gasteiger partial charge in [-0.25, -0.2) is 0 Å². The van der Waals surface area contributed by atoms with E-state index < -0.39 is 4.92 Å². The SMILES string of the molecule is Cc1ccc(C)c(NCc2ccc(OCc3ccc([N+](=O)[O-])cc3)c(Cl)c2)c1. The highest BCUT2D eigenvalue weighted by atomic mass is 35.5. The number of hydrogen-bond donors (Lipinski definition) is 1. The second kappa shape index (κ2) is 8.76. The highest BCUT2D eigenvalue weighted by molar-refractivity contribution is 6.32. The molecule has 3 aromatic rings. The zero-order valence-corrected chi connectivity index (χ0v) is 16.5. The molecule has 0 radical (unpaired) electrons. The Hall–Kier alpha value is -3.05. The van der Waals surface area contributed by atoms with Gasteiger partial charge in [-0.3, -0.25) is 10.1 Å². The minimum atomic E-state index is -0.424. The van der Waals surface area contributed by atoms with Crippen molar-refractivity contribution in [2.24, 2.45) is 0 Å². The molecule has 0 aliphatic rings. The number of nitrogens with one attached hydrogen (secondary N) is 1. The zero-order chi connectivity index (χ0) is 20.1. The largest absolute Gasteiger partial charge is 0.487 e. The van der Waals surface area contributed by atoms with Gasteiger partial charge in [0.25, 0.3) is 5.69 Å². The van der Waals surface area contributed by atoms with Gasteiger partial charge in [-0.15, -0.1) is 0 Å². The monoisotopic (exact) mass is 396 g/mol. The first-order chi connectivity index (χ1) is 13.4. The first-order valence-corrected chi connectivity index (χ1v) is 9.26. The summed E-state index contributed by atoms with van der Waals surface area (Å²) in [7, 11) is 0. The molecule has 144 valence electrons. The lowest BCUT2D eigenvalue weighted by Gasteiger charge is -2.12. The van der Waals surface area contributed by atoms with Crippen LogP contribution in [-0.4, -0.2) is 4.92 Å². The molecule has 6 heteroatoms. The van der Waals surface area contributed by atoms with Crippen molar-refractivity contribution in [1.82, 2.24) is 0 Å². The van der Waals surface area contributed by atoms with Gasteiger partial charge in [-0.05, 0) is 66.4 Å². The maximum atomic E-state index is 10.7. The van der Waals surface area contributed by atoms with Crippen LogP contribution in [0.25, 0.3) is 0 Å². The number of rotatable bonds is 7. The molecule has 0 aliphatic heterocycles. The van der Waals surface area contributed by atoms with Crippen LogP contribution in [-0.2, 0) is 13.2 Å². The van der Waals surface area contributed by atoms with Gasteiger partial charge in [0.05, 0.1) is 9.95 Å². The number of halogens is 1. The van der Waals surface area contributed by atoms with E-state index in [1.54, 1.807) is 12.1 Å². The third kappa shape index (κ3) is 5.02. The maximum Gasteiger partial charge on any atom is 0.269 e. The van der Waals surface area contributed by atoms with Gasteiger partial charge in [-0.1, -0.05) is 29.8 Å².